The Morgan fingerprint density at radius 1 is 1.37 bits per heavy atom. The van der Waals surface area contributed by atoms with Crippen LogP contribution in [0.3, 0.4) is 0 Å². The fraction of sp³-hybridized carbons (Fsp3) is 0.643. The van der Waals surface area contributed by atoms with Crippen molar-refractivity contribution in [2.24, 2.45) is 0 Å². The van der Waals surface area contributed by atoms with Gasteiger partial charge in [0.2, 0.25) is 0 Å². The van der Waals surface area contributed by atoms with Gasteiger partial charge in [0.05, 0.1) is 5.69 Å². The van der Waals surface area contributed by atoms with Gasteiger partial charge in [-0.3, -0.25) is 0 Å². The lowest BCUT2D eigenvalue weighted by Gasteiger charge is -2.33. The van der Waals surface area contributed by atoms with Crippen LogP contribution in [0.5, 0.6) is 0 Å². The lowest BCUT2D eigenvalue weighted by atomic mass is 9.93. The number of likely N-dealkylation sites (tertiary alicyclic amines) is 1. The third-order valence-electron chi connectivity index (χ3n) is 3.16. The molecule has 19 heavy (non-hydrogen) atoms. The highest BCUT2D eigenvalue weighted by atomic mass is 16.6. The molecule has 1 aliphatic rings. The number of piperidine rings is 1. The molecule has 5 heteroatoms. The molecule has 104 valence electrons. The molecule has 0 radical (unpaired) electrons. The molecule has 5 nitrogen and oxygen atoms in total. The normalized spacial score (nSPS) is 17.3. The summed E-state index contributed by atoms with van der Waals surface area (Å²) in [5, 5.41) is 8.05. The van der Waals surface area contributed by atoms with Crippen LogP contribution in [-0.4, -0.2) is 39.9 Å². The van der Waals surface area contributed by atoms with Crippen molar-refractivity contribution in [3.05, 3.63) is 24.0 Å². The average Bonchev–Trinajstić information content (AvgIpc) is 2.38. The van der Waals surface area contributed by atoms with Crippen molar-refractivity contribution in [2.75, 3.05) is 13.1 Å². The van der Waals surface area contributed by atoms with E-state index in [0.29, 0.717) is 5.92 Å². The predicted molar refractivity (Wildman–Crippen MR) is 71.8 cm³/mol. The largest absolute Gasteiger partial charge is 0.444 e. The minimum Gasteiger partial charge on any atom is -0.444 e. The summed E-state index contributed by atoms with van der Waals surface area (Å²) >= 11 is 0. The standard InChI is InChI=1S/C14H21N3O2/c1-14(2,3)19-13(18)17-9-6-11(7-10-17)12-5-4-8-15-16-12/h4-5,8,11H,6-7,9-10H2,1-3H3. The molecule has 1 amide bonds. The van der Waals surface area contributed by atoms with E-state index in [1.165, 1.54) is 0 Å². The van der Waals surface area contributed by atoms with Crippen molar-refractivity contribution in [1.29, 1.82) is 0 Å². The summed E-state index contributed by atoms with van der Waals surface area (Å²) in [6, 6.07) is 3.91. The first-order valence-corrected chi connectivity index (χ1v) is 6.71. The van der Waals surface area contributed by atoms with Crippen LogP contribution in [-0.2, 0) is 4.74 Å². The van der Waals surface area contributed by atoms with E-state index in [9.17, 15) is 4.79 Å². The zero-order valence-electron chi connectivity index (χ0n) is 11.8. The number of aromatic nitrogens is 2. The molecule has 1 saturated heterocycles. The van der Waals surface area contributed by atoms with Crippen molar-refractivity contribution in [3.8, 4) is 0 Å². The van der Waals surface area contributed by atoms with Gasteiger partial charge in [-0.25, -0.2) is 4.79 Å². The van der Waals surface area contributed by atoms with Crippen molar-refractivity contribution in [3.63, 3.8) is 0 Å². The highest BCUT2D eigenvalue weighted by Gasteiger charge is 2.27. The van der Waals surface area contributed by atoms with E-state index in [0.717, 1.165) is 31.6 Å². The number of carbonyl (C=O) groups is 1. The smallest absolute Gasteiger partial charge is 0.410 e. The second kappa shape index (κ2) is 5.55. The first kappa shape index (κ1) is 13.8. The average molecular weight is 263 g/mol. The van der Waals surface area contributed by atoms with Gasteiger partial charge in [-0.1, -0.05) is 0 Å². The molecule has 0 aromatic carbocycles. The zero-order chi connectivity index (χ0) is 13.9. The monoisotopic (exact) mass is 263 g/mol. The Hall–Kier alpha value is -1.65. The molecule has 1 aliphatic heterocycles. The van der Waals surface area contributed by atoms with Gasteiger partial charge in [-0.2, -0.15) is 10.2 Å². The van der Waals surface area contributed by atoms with E-state index >= 15 is 0 Å². The summed E-state index contributed by atoms with van der Waals surface area (Å²) < 4.78 is 5.38. The second-order valence-electron chi connectivity index (χ2n) is 5.89. The maximum absolute atomic E-state index is 11.9. The van der Waals surface area contributed by atoms with Crippen LogP contribution in [0.4, 0.5) is 4.79 Å². The fourth-order valence-electron chi connectivity index (χ4n) is 2.22. The van der Waals surface area contributed by atoms with Crippen LogP contribution in [0, 0.1) is 0 Å². The number of hydrogen-bond donors (Lipinski definition) is 0. The Morgan fingerprint density at radius 3 is 2.58 bits per heavy atom. The van der Waals surface area contributed by atoms with Crippen LogP contribution in [0.2, 0.25) is 0 Å². The third-order valence-corrected chi connectivity index (χ3v) is 3.16. The Bertz CT molecular complexity index is 420. The van der Waals surface area contributed by atoms with E-state index in [2.05, 4.69) is 10.2 Å². The first-order valence-electron chi connectivity index (χ1n) is 6.71. The third kappa shape index (κ3) is 3.91. The fourth-order valence-corrected chi connectivity index (χ4v) is 2.22. The molecule has 0 saturated carbocycles. The maximum Gasteiger partial charge on any atom is 0.410 e. The molecule has 0 N–H and O–H groups in total. The topological polar surface area (TPSA) is 55.3 Å². The highest BCUT2D eigenvalue weighted by Crippen LogP contribution is 2.26. The van der Waals surface area contributed by atoms with Gasteiger partial charge < -0.3 is 9.64 Å². The zero-order valence-corrected chi connectivity index (χ0v) is 11.8. The molecule has 2 heterocycles. The first-order chi connectivity index (χ1) is 8.96. The van der Waals surface area contributed by atoms with E-state index < -0.39 is 5.60 Å². The number of nitrogens with zero attached hydrogens (tertiary/aromatic N) is 3. The van der Waals surface area contributed by atoms with Crippen LogP contribution >= 0.6 is 0 Å². The van der Waals surface area contributed by atoms with Gasteiger partial charge in [0.1, 0.15) is 5.60 Å². The minimum absolute atomic E-state index is 0.218. The molecule has 0 aliphatic carbocycles. The van der Waals surface area contributed by atoms with Gasteiger partial charge in [0.25, 0.3) is 0 Å². The lowest BCUT2D eigenvalue weighted by molar-refractivity contribution is 0.0204. The van der Waals surface area contributed by atoms with E-state index in [-0.39, 0.29) is 6.09 Å². The SMILES string of the molecule is CC(C)(C)OC(=O)N1CCC(c2cccnn2)CC1. The molecule has 1 fully saturated rings. The molecule has 0 unspecified atom stereocenters. The summed E-state index contributed by atoms with van der Waals surface area (Å²) in [4.78, 5) is 13.7. The molecular weight excluding hydrogens is 242 g/mol. The molecule has 1 aromatic heterocycles. The van der Waals surface area contributed by atoms with Gasteiger partial charge >= 0.3 is 6.09 Å². The Balaban J connectivity index is 1.88. The van der Waals surface area contributed by atoms with Gasteiger partial charge in [0, 0.05) is 25.2 Å². The number of ether oxygens (including phenoxy) is 1. The molecule has 2 rings (SSSR count). The second-order valence-corrected chi connectivity index (χ2v) is 5.89. The van der Waals surface area contributed by atoms with Crippen molar-refractivity contribution in [2.45, 2.75) is 45.1 Å². The number of hydrogen-bond acceptors (Lipinski definition) is 4. The highest BCUT2D eigenvalue weighted by molar-refractivity contribution is 5.68. The number of amides is 1. The molecular formula is C14H21N3O2. The van der Waals surface area contributed by atoms with Crippen LogP contribution in [0.1, 0.15) is 45.2 Å². The number of carbonyl (C=O) groups excluding carboxylic acids is 1. The summed E-state index contributed by atoms with van der Waals surface area (Å²) in [6.45, 7) is 7.10. The Kier molecular flexibility index (Phi) is 4.02. The van der Waals surface area contributed by atoms with Gasteiger partial charge in [-0.15, -0.1) is 0 Å². The van der Waals surface area contributed by atoms with Crippen LogP contribution in [0.15, 0.2) is 18.3 Å². The van der Waals surface area contributed by atoms with Crippen LogP contribution < -0.4 is 0 Å². The lowest BCUT2D eigenvalue weighted by Crippen LogP contribution is -2.41. The molecule has 0 atom stereocenters. The Morgan fingerprint density at radius 2 is 2.05 bits per heavy atom. The van der Waals surface area contributed by atoms with Crippen molar-refractivity contribution < 1.29 is 9.53 Å². The molecule has 1 aromatic rings. The maximum atomic E-state index is 11.9. The minimum atomic E-state index is -0.432. The van der Waals surface area contributed by atoms with Crippen LogP contribution in [0.25, 0.3) is 0 Å². The van der Waals surface area contributed by atoms with Gasteiger partial charge in [0.15, 0.2) is 0 Å². The van der Waals surface area contributed by atoms with E-state index in [1.54, 1.807) is 11.1 Å². The quantitative estimate of drug-likeness (QED) is 0.781. The predicted octanol–water partition coefficient (Wildman–Crippen LogP) is 2.59. The van der Waals surface area contributed by atoms with Gasteiger partial charge in [-0.05, 0) is 45.7 Å². The number of rotatable bonds is 1. The van der Waals surface area contributed by atoms with E-state index in [1.807, 2.05) is 32.9 Å². The molecule has 0 bridgehead atoms. The van der Waals surface area contributed by atoms with E-state index in [4.69, 9.17) is 4.74 Å². The summed E-state index contributed by atoms with van der Waals surface area (Å²) in [7, 11) is 0. The summed E-state index contributed by atoms with van der Waals surface area (Å²) in [6.07, 6.45) is 3.29. The van der Waals surface area contributed by atoms with Crippen molar-refractivity contribution >= 4 is 6.09 Å². The summed E-state index contributed by atoms with van der Waals surface area (Å²) in [5.74, 6) is 0.396. The summed E-state index contributed by atoms with van der Waals surface area (Å²) in [5.41, 5.74) is 0.588. The molecule has 0 spiro atoms. The van der Waals surface area contributed by atoms with Crippen molar-refractivity contribution in [1.82, 2.24) is 15.1 Å². The Labute approximate surface area is 114 Å².